The maximum atomic E-state index is 4.37. The Labute approximate surface area is 178 Å². The molecule has 0 radical (unpaired) electrons. The largest absolute Gasteiger partial charge is 0.320 e. The Morgan fingerprint density at radius 1 is 1.00 bits per heavy atom. The van der Waals surface area contributed by atoms with Gasteiger partial charge in [-0.2, -0.15) is 0 Å². The molecule has 4 aliphatic carbocycles. The van der Waals surface area contributed by atoms with Crippen molar-refractivity contribution in [2.24, 2.45) is 40.4 Å². The van der Waals surface area contributed by atoms with E-state index in [1.807, 2.05) is 19.4 Å². The first kappa shape index (κ1) is 19.7. The number of aromatic nitrogens is 2. The summed E-state index contributed by atoms with van der Waals surface area (Å²) < 4.78 is 2.33. The average Bonchev–Trinajstić information content (AvgIpc) is 3.36. The number of imidazole rings is 1. The van der Waals surface area contributed by atoms with E-state index in [4.69, 9.17) is 0 Å². The van der Waals surface area contributed by atoms with Crippen molar-refractivity contribution in [2.75, 3.05) is 0 Å². The van der Waals surface area contributed by atoms with Gasteiger partial charge in [0.1, 0.15) is 5.54 Å². The fraction of sp³-hybridized carbons (Fsp3) is 0.815. The first-order valence-corrected chi connectivity index (χ1v) is 12.4. The van der Waals surface area contributed by atoms with E-state index < -0.39 is 0 Å². The van der Waals surface area contributed by atoms with Crippen LogP contribution in [0.5, 0.6) is 0 Å². The van der Waals surface area contributed by atoms with Crippen LogP contribution in [0.1, 0.15) is 91.9 Å². The van der Waals surface area contributed by atoms with Gasteiger partial charge in [0.05, 0.1) is 6.33 Å². The van der Waals surface area contributed by atoms with Gasteiger partial charge in [0.15, 0.2) is 0 Å². The fourth-order valence-electron chi connectivity index (χ4n) is 9.18. The van der Waals surface area contributed by atoms with E-state index in [-0.39, 0.29) is 5.54 Å². The van der Waals surface area contributed by atoms with Crippen LogP contribution in [0.25, 0.3) is 0 Å². The van der Waals surface area contributed by atoms with E-state index in [1.165, 1.54) is 64.2 Å². The van der Waals surface area contributed by atoms with Gasteiger partial charge in [-0.1, -0.05) is 33.1 Å². The van der Waals surface area contributed by atoms with Crippen molar-refractivity contribution < 1.29 is 0 Å². The van der Waals surface area contributed by atoms with Crippen LogP contribution < -0.4 is 0 Å². The summed E-state index contributed by atoms with van der Waals surface area (Å²) >= 11 is 0. The summed E-state index contributed by atoms with van der Waals surface area (Å²) in [4.78, 5) is 4.37. The van der Waals surface area contributed by atoms with Crippen molar-refractivity contribution in [1.82, 2.24) is 9.55 Å². The molecular formula is C27H40N2. The van der Waals surface area contributed by atoms with Crippen molar-refractivity contribution >= 4 is 0 Å². The molecule has 0 aliphatic heterocycles. The normalized spacial score (nSPS) is 48.8. The van der Waals surface area contributed by atoms with Crippen molar-refractivity contribution in [2.45, 2.75) is 97.4 Å². The lowest BCUT2D eigenvalue weighted by atomic mass is 9.43. The third-order valence-corrected chi connectivity index (χ3v) is 10.8. The minimum absolute atomic E-state index is 0.0217. The lowest BCUT2D eigenvalue weighted by Gasteiger charge is -2.62. The highest BCUT2D eigenvalue weighted by atomic mass is 15.1. The third-order valence-electron chi connectivity index (χ3n) is 10.8. The van der Waals surface area contributed by atoms with Gasteiger partial charge >= 0.3 is 0 Å². The molecule has 158 valence electrons. The van der Waals surface area contributed by atoms with Gasteiger partial charge in [-0.3, -0.25) is 0 Å². The summed E-state index contributed by atoms with van der Waals surface area (Å²) in [7, 11) is 0. The second-order valence-corrected chi connectivity index (χ2v) is 11.5. The first-order chi connectivity index (χ1) is 14.0. The fourth-order valence-corrected chi connectivity index (χ4v) is 9.18. The van der Waals surface area contributed by atoms with E-state index in [9.17, 15) is 0 Å². The zero-order valence-electron chi connectivity index (χ0n) is 19.1. The lowest BCUT2D eigenvalue weighted by Crippen LogP contribution is -2.56. The maximum Gasteiger partial charge on any atom is 0.107 e. The molecule has 1 aromatic heterocycles. The molecule has 8 atom stereocenters. The zero-order chi connectivity index (χ0) is 20.3. The number of hydrogen-bond donors (Lipinski definition) is 0. The Morgan fingerprint density at radius 2 is 1.83 bits per heavy atom. The van der Waals surface area contributed by atoms with Crippen LogP contribution in [0, 0.1) is 52.3 Å². The van der Waals surface area contributed by atoms with Crippen molar-refractivity contribution in [3.8, 4) is 11.8 Å². The second-order valence-electron chi connectivity index (χ2n) is 11.5. The maximum absolute atomic E-state index is 4.37. The summed E-state index contributed by atoms with van der Waals surface area (Å²) in [6, 6.07) is 0. The topological polar surface area (TPSA) is 17.8 Å². The molecule has 0 saturated heterocycles. The standard InChI is InChI=1S/C27H40N2/c1-5-12-27(29-17-16-28-19-29)15-14-26(4)21(18-27)7-9-22-23-10-8-20(6-2)25(23,3)13-11-24(22)26/h16-17,19-24H,6-11,13-15,18H2,1-4H3/t20-,21?,22-,23-,24-,25+,26-,27?/m0/s1. The van der Waals surface area contributed by atoms with Crippen LogP contribution in [-0.2, 0) is 5.54 Å². The SMILES string of the molecule is CC#CC1(n2ccnc2)CC[C@@]2(C)C(CC[C@H]3[C@@H]4CC[C@H](CC)[C@@]4(C)CC[C@@H]32)C1. The minimum atomic E-state index is -0.0217. The Balaban J connectivity index is 1.43. The molecule has 2 heteroatoms. The molecule has 0 bridgehead atoms. The molecule has 0 N–H and O–H groups in total. The molecule has 2 nitrogen and oxygen atoms in total. The predicted octanol–water partition coefficient (Wildman–Crippen LogP) is 6.67. The third kappa shape index (κ3) is 2.72. The number of hydrogen-bond acceptors (Lipinski definition) is 1. The molecule has 1 heterocycles. The molecule has 5 rings (SSSR count). The predicted molar refractivity (Wildman–Crippen MR) is 119 cm³/mol. The summed E-state index contributed by atoms with van der Waals surface area (Å²) in [5, 5.41) is 0. The molecule has 2 unspecified atom stereocenters. The number of fused-ring (bicyclic) bond motifs is 5. The van der Waals surface area contributed by atoms with E-state index in [1.54, 1.807) is 0 Å². The van der Waals surface area contributed by atoms with Crippen LogP contribution in [-0.4, -0.2) is 9.55 Å². The Morgan fingerprint density at radius 3 is 2.55 bits per heavy atom. The summed E-state index contributed by atoms with van der Waals surface area (Å²) in [5.74, 6) is 11.7. The summed E-state index contributed by atoms with van der Waals surface area (Å²) in [5.41, 5.74) is 1.14. The van der Waals surface area contributed by atoms with Crippen molar-refractivity contribution in [3.05, 3.63) is 18.7 Å². The number of nitrogens with zero attached hydrogens (tertiary/aromatic N) is 2. The Hall–Kier alpha value is -1.23. The van der Waals surface area contributed by atoms with Crippen molar-refractivity contribution in [1.29, 1.82) is 0 Å². The highest BCUT2D eigenvalue weighted by Crippen LogP contribution is 2.68. The summed E-state index contributed by atoms with van der Waals surface area (Å²) in [6.45, 7) is 9.80. The van der Waals surface area contributed by atoms with E-state index in [0.29, 0.717) is 10.8 Å². The molecule has 0 amide bonds. The van der Waals surface area contributed by atoms with Gasteiger partial charge in [-0.25, -0.2) is 4.98 Å². The average molecular weight is 393 g/mol. The molecule has 4 saturated carbocycles. The van der Waals surface area contributed by atoms with E-state index >= 15 is 0 Å². The van der Waals surface area contributed by atoms with Crippen LogP contribution in [0.2, 0.25) is 0 Å². The van der Waals surface area contributed by atoms with Gasteiger partial charge in [0.25, 0.3) is 0 Å². The van der Waals surface area contributed by atoms with Crippen LogP contribution in [0.15, 0.2) is 18.7 Å². The Kier molecular flexibility index (Phi) is 4.69. The Bertz CT molecular complexity index is 800. The van der Waals surface area contributed by atoms with Gasteiger partial charge in [-0.05, 0) is 105 Å². The van der Waals surface area contributed by atoms with Crippen molar-refractivity contribution in [3.63, 3.8) is 0 Å². The van der Waals surface area contributed by atoms with Gasteiger partial charge in [0, 0.05) is 12.4 Å². The molecule has 4 fully saturated rings. The molecular weight excluding hydrogens is 352 g/mol. The van der Waals surface area contributed by atoms with Gasteiger partial charge in [0.2, 0.25) is 0 Å². The van der Waals surface area contributed by atoms with Gasteiger partial charge in [-0.15, -0.1) is 5.92 Å². The quantitative estimate of drug-likeness (QED) is 0.514. The van der Waals surface area contributed by atoms with Crippen LogP contribution in [0.3, 0.4) is 0 Å². The monoisotopic (exact) mass is 392 g/mol. The molecule has 4 aliphatic rings. The molecule has 0 spiro atoms. The minimum Gasteiger partial charge on any atom is -0.320 e. The zero-order valence-corrected chi connectivity index (χ0v) is 19.1. The van der Waals surface area contributed by atoms with Crippen LogP contribution >= 0.6 is 0 Å². The first-order valence-electron chi connectivity index (χ1n) is 12.4. The number of rotatable bonds is 2. The molecule has 0 aromatic carbocycles. The van der Waals surface area contributed by atoms with Crippen LogP contribution in [0.4, 0.5) is 0 Å². The van der Waals surface area contributed by atoms with E-state index in [0.717, 1.165) is 29.6 Å². The van der Waals surface area contributed by atoms with Gasteiger partial charge < -0.3 is 4.57 Å². The summed E-state index contributed by atoms with van der Waals surface area (Å²) in [6.07, 6.45) is 20.1. The molecule has 29 heavy (non-hydrogen) atoms. The smallest absolute Gasteiger partial charge is 0.107 e. The lowest BCUT2D eigenvalue weighted by molar-refractivity contribution is -0.122. The van der Waals surface area contributed by atoms with E-state index in [2.05, 4.69) is 48.4 Å². The molecule has 1 aromatic rings. The highest BCUT2D eigenvalue weighted by molar-refractivity contribution is 5.20. The highest BCUT2D eigenvalue weighted by Gasteiger charge is 2.61. The second kappa shape index (κ2) is 6.90.